The molecule has 1 atom stereocenters. The molecule has 1 unspecified atom stereocenters. The molecule has 0 aliphatic rings. The summed E-state index contributed by atoms with van der Waals surface area (Å²) in [6, 6.07) is 0. The highest BCUT2D eigenvalue weighted by Crippen LogP contribution is 1.56. The first-order valence-electron chi connectivity index (χ1n) is 1.41. The highest BCUT2D eigenvalue weighted by Gasteiger charge is 1.69. The lowest BCUT2D eigenvalue weighted by molar-refractivity contribution is 0.276. The fourth-order valence-corrected chi connectivity index (χ4v) is 0. The Bertz CT molecular complexity index is 10.8. The molecule has 2 heteroatoms. The summed E-state index contributed by atoms with van der Waals surface area (Å²) in [5.74, 6) is 0. The number of aliphatic hydroxyl groups is 1. The second-order valence-corrected chi connectivity index (χ2v) is 2.76. The molecule has 0 saturated heterocycles. The third-order valence-corrected chi connectivity index (χ3v) is 0. The lowest BCUT2D eigenvalue weighted by atomic mass is 10.9. The van der Waals surface area contributed by atoms with E-state index in [1.807, 2.05) is 0 Å². The lowest BCUT2D eigenvalue weighted by Crippen LogP contribution is -1.94. The Morgan fingerprint density at radius 2 is 2.00 bits per heavy atom. The van der Waals surface area contributed by atoms with Crippen LogP contribution in [0.15, 0.2) is 0 Å². The standard InChI is InChI=1S/C2H8OSi/c1-2(3)4/h2-3H,1,4H3. The molecule has 0 aromatic carbocycles. The van der Waals surface area contributed by atoms with E-state index in [1.165, 1.54) is 0 Å². The normalized spacial score (nSPS) is 16.5. The van der Waals surface area contributed by atoms with Crippen LogP contribution in [0.4, 0.5) is 0 Å². The van der Waals surface area contributed by atoms with Crippen molar-refractivity contribution in [1.82, 2.24) is 0 Å². The predicted octanol–water partition coefficient (Wildman–Crippen LogP) is -1.31. The number of hydrogen-bond acceptors (Lipinski definition) is 1. The number of rotatable bonds is 0. The van der Waals surface area contributed by atoms with E-state index < -0.39 is 0 Å². The van der Waals surface area contributed by atoms with Crippen molar-refractivity contribution in [3.63, 3.8) is 0 Å². The van der Waals surface area contributed by atoms with Crippen LogP contribution in [0.3, 0.4) is 0 Å². The number of hydrogen-bond donors (Lipinski definition) is 1. The maximum atomic E-state index is 8.12. The van der Waals surface area contributed by atoms with Gasteiger partial charge in [0.2, 0.25) is 0 Å². The predicted molar refractivity (Wildman–Crippen MR) is 21.6 cm³/mol. The minimum atomic E-state index is -0.0278. The fourth-order valence-electron chi connectivity index (χ4n) is 0. The molecule has 0 aliphatic heterocycles. The summed E-state index contributed by atoms with van der Waals surface area (Å²) in [4.78, 5) is 0. The minimum Gasteiger partial charge on any atom is -0.398 e. The van der Waals surface area contributed by atoms with E-state index in [4.69, 9.17) is 5.11 Å². The van der Waals surface area contributed by atoms with Crippen LogP contribution >= 0.6 is 0 Å². The summed E-state index contributed by atoms with van der Waals surface area (Å²) in [6.07, 6.45) is 0. The van der Waals surface area contributed by atoms with Crippen molar-refractivity contribution in [2.45, 2.75) is 12.7 Å². The zero-order valence-corrected chi connectivity index (χ0v) is 5.02. The smallest absolute Gasteiger partial charge is 0.0385 e. The minimum absolute atomic E-state index is 0.0278. The SMILES string of the molecule is CC(O)[SiH3]. The van der Waals surface area contributed by atoms with E-state index in [0.717, 1.165) is 10.2 Å². The summed E-state index contributed by atoms with van der Waals surface area (Å²) in [5.41, 5.74) is -0.0278. The molecule has 0 spiro atoms. The monoisotopic (exact) mass is 76.0 g/mol. The molecule has 26 valence electrons. The second kappa shape index (κ2) is 1.49. The average Bonchev–Trinajstić information content (AvgIpc) is 0.811. The van der Waals surface area contributed by atoms with Crippen molar-refractivity contribution in [2.24, 2.45) is 0 Å². The fraction of sp³-hybridized carbons (Fsp3) is 1.00. The molecule has 0 aliphatic carbocycles. The van der Waals surface area contributed by atoms with Crippen molar-refractivity contribution < 1.29 is 5.11 Å². The molecule has 4 heavy (non-hydrogen) atoms. The molecule has 0 aromatic heterocycles. The first-order chi connectivity index (χ1) is 1.73. The van der Waals surface area contributed by atoms with Gasteiger partial charge in [-0.2, -0.15) is 0 Å². The van der Waals surface area contributed by atoms with Gasteiger partial charge in [0.15, 0.2) is 0 Å². The molecule has 1 nitrogen and oxygen atoms in total. The van der Waals surface area contributed by atoms with E-state index in [0.29, 0.717) is 0 Å². The molecular weight excluding hydrogens is 68.1 g/mol. The number of aliphatic hydroxyl groups excluding tert-OH is 1. The summed E-state index contributed by atoms with van der Waals surface area (Å²) in [6.45, 7) is 1.78. The van der Waals surface area contributed by atoms with Crippen LogP contribution in [-0.4, -0.2) is 21.1 Å². The van der Waals surface area contributed by atoms with Gasteiger partial charge in [0.25, 0.3) is 0 Å². The summed E-state index contributed by atoms with van der Waals surface area (Å²) in [7, 11) is 0.904. The molecule has 0 aromatic rings. The zero-order valence-electron chi connectivity index (χ0n) is 3.02. The zero-order chi connectivity index (χ0) is 3.58. The van der Waals surface area contributed by atoms with Crippen molar-refractivity contribution in [3.05, 3.63) is 0 Å². The van der Waals surface area contributed by atoms with Crippen LogP contribution in [0.2, 0.25) is 0 Å². The Balaban J connectivity index is 2.32. The van der Waals surface area contributed by atoms with Gasteiger partial charge in [0.1, 0.15) is 0 Å². The van der Waals surface area contributed by atoms with Gasteiger partial charge in [-0.3, -0.25) is 0 Å². The van der Waals surface area contributed by atoms with Crippen LogP contribution in [0, 0.1) is 0 Å². The molecule has 0 bridgehead atoms. The van der Waals surface area contributed by atoms with Crippen LogP contribution in [0.1, 0.15) is 6.92 Å². The second-order valence-electron chi connectivity index (χ2n) is 1.09. The van der Waals surface area contributed by atoms with E-state index in [-0.39, 0.29) is 5.73 Å². The van der Waals surface area contributed by atoms with Gasteiger partial charge in [0.05, 0.1) is 0 Å². The van der Waals surface area contributed by atoms with E-state index >= 15 is 0 Å². The molecule has 0 radical (unpaired) electrons. The summed E-state index contributed by atoms with van der Waals surface area (Å²) < 4.78 is 0. The summed E-state index contributed by atoms with van der Waals surface area (Å²) >= 11 is 0. The maximum Gasteiger partial charge on any atom is 0.0385 e. The lowest BCUT2D eigenvalue weighted by Gasteiger charge is -1.80. The van der Waals surface area contributed by atoms with Crippen LogP contribution < -0.4 is 0 Å². The van der Waals surface area contributed by atoms with Crippen molar-refractivity contribution >= 4 is 10.2 Å². The molecule has 0 rings (SSSR count). The quantitative estimate of drug-likeness (QED) is 0.355. The average molecular weight is 76.2 g/mol. The van der Waals surface area contributed by atoms with Crippen molar-refractivity contribution in [2.75, 3.05) is 0 Å². The molecule has 0 saturated carbocycles. The third-order valence-electron chi connectivity index (χ3n) is 0. The van der Waals surface area contributed by atoms with Crippen LogP contribution in [-0.2, 0) is 0 Å². The first-order valence-corrected chi connectivity index (χ1v) is 2.57. The van der Waals surface area contributed by atoms with E-state index in [9.17, 15) is 0 Å². The van der Waals surface area contributed by atoms with E-state index in [2.05, 4.69) is 0 Å². The largest absolute Gasteiger partial charge is 0.398 e. The summed E-state index contributed by atoms with van der Waals surface area (Å²) in [5, 5.41) is 8.12. The van der Waals surface area contributed by atoms with E-state index in [1.54, 1.807) is 6.92 Å². The van der Waals surface area contributed by atoms with Gasteiger partial charge in [-0.25, -0.2) is 0 Å². The van der Waals surface area contributed by atoms with Gasteiger partial charge in [-0.1, -0.05) is 0 Å². The Kier molecular flexibility index (Phi) is 1.56. The topological polar surface area (TPSA) is 20.2 Å². The van der Waals surface area contributed by atoms with Gasteiger partial charge in [0, 0.05) is 16.0 Å². The van der Waals surface area contributed by atoms with Crippen molar-refractivity contribution in [1.29, 1.82) is 0 Å². The van der Waals surface area contributed by atoms with Gasteiger partial charge in [-0.15, -0.1) is 0 Å². The molecular formula is C2H8OSi. The van der Waals surface area contributed by atoms with Crippen LogP contribution in [0.5, 0.6) is 0 Å². The Morgan fingerprint density at radius 1 is 2.00 bits per heavy atom. The molecule has 0 fully saturated rings. The van der Waals surface area contributed by atoms with Crippen LogP contribution in [0.25, 0.3) is 0 Å². The highest BCUT2D eigenvalue weighted by atomic mass is 28.1. The Morgan fingerprint density at radius 3 is 2.00 bits per heavy atom. The van der Waals surface area contributed by atoms with Gasteiger partial charge >= 0.3 is 0 Å². The maximum absolute atomic E-state index is 8.12. The van der Waals surface area contributed by atoms with Gasteiger partial charge < -0.3 is 5.11 Å². The van der Waals surface area contributed by atoms with Crippen molar-refractivity contribution in [3.8, 4) is 0 Å². The Labute approximate surface area is 29.1 Å². The Hall–Kier alpha value is 0.177. The molecule has 0 heterocycles. The highest BCUT2D eigenvalue weighted by molar-refractivity contribution is 6.10. The van der Waals surface area contributed by atoms with Gasteiger partial charge in [-0.05, 0) is 6.92 Å². The molecule has 1 N–H and O–H groups in total. The first kappa shape index (κ1) is 4.18. The molecule has 0 amide bonds. The third kappa shape index (κ3) is 96.4.